The molecule has 0 N–H and O–H groups in total. The van der Waals surface area contributed by atoms with E-state index in [0.717, 1.165) is 103 Å². The van der Waals surface area contributed by atoms with Gasteiger partial charge in [-0.25, -0.2) is 14.6 Å². The van der Waals surface area contributed by atoms with Gasteiger partial charge in [-0.2, -0.15) is 26.3 Å². The molecule has 14 nitrogen and oxygen atoms in total. The summed E-state index contributed by atoms with van der Waals surface area (Å²) in [6, 6.07) is 21.4. The zero-order chi connectivity index (χ0) is 55.0. The number of esters is 1. The van der Waals surface area contributed by atoms with Gasteiger partial charge in [0.25, 0.3) is 47.3 Å². The summed E-state index contributed by atoms with van der Waals surface area (Å²) < 4.78 is 97.9. The Hall–Kier alpha value is -9.33. The molecule has 0 aliphatic carbocycles. The lowest BCUT2D eigenvalue weighted by Crippen LogP contribution is -2.41. The molecule has 0 aromatic heterocycles. The van der Waals surface area contributed by atoms with Crippen molar-refractivity contribution in [1.82, 2.24) is 9.80 Å². The highest BCUT2D eigenvalue weighted by molar-refractivity contribution is 6.36. The second kappa shape index (κ2) is 16.8. The quantitative estimate of drug-likeness (QED) is 0.0446. The van der Waals surface area contributed by atoms with Crippen molar-refractivity contribution < 1.29 is 74.2 Å². The Morgan fingerprint density at radius 1 is 0.421 bits per heavy atom. The number of hydrogen-bond acceptors (Lipinski definition) is 10. The lowest BCUT2D eigenvalue weighted by atomic mass is 9.74. The van der Waals surface area contributed by atoms with Crippen LogP contribution in [0.4, 0.5) is 37.7 Å². The molecule has 2 atom stereocenters. The van der Waals surface area contributed by atoms with Crippen LogP contribution >= 0.6 is 0 Å². The SMILES string of the molecule is C=C(C)C(=O)Oc1ccc(-c2cc(N3C(=O)c4ccc(C(C)(c5ccc6c(c5)C(=O)N(C)C6=O)C(F)(F)F)cc4C3=O)cc(N3C(=O)c4ccc(C(C)(c5ccc6c(c5)C(=O)N(C)C6=O)C(F)(F)F)cc4C3=O)c2)cc1. The summed E-state index contributed by atoms with van der Waals surface area (Å²) in [6.07, 6.45) is -10.2. The predicted octanol–water partition coefficient (Wildman–Crippen LogP) is 9.62. The fourth-order valence-electron chi connectivity index (χ4n) is 9.83. The van der Waals surface area contributed by atoms with Crippen molar-refractivity contribution in [3.05, 3.63) is 194 Å². The maximum absolute atomic E-state index is 15.4. The number of fused-ring (bicyclic) bond motifs is 4. The highest BCUT2D eigenvalue weighted by Gasteiger charge is 2.56. The van der Waals surface area contributed by atoms with Gasteiger partial charge in [0.1, 0.15) is 16.6 Å². The lowest BCUT2D eigenvalue weighted by Gasteiger charge is -2.33. The Labute approximate surface area is 426 Å². The van der Waals surface area contributed by atoms with E-state index in [4.69, 9.17) is 4.74 Å². The molecule has 6 aromatic carbocycles. The molecule has 4 aliphatic heterocycles. The van der Waals surface area contributed by atoms with Crippen LogP contribution < -0.4 is 14.5 Å². The molecule has 0 saturated heterocycles. The number of imide groups is 4. The van der Waals surface area contributed by atoms with E-state index in [1.807, 2.05) is 0 Å². The minimum Gasteiger partial charge on any atom is -0.423 e. The van der Waals surface area contributed by atoms with Gasteiger partial charge in [0.2, 0.25) is 0 Å². The van der Waals surface area contributed by atoms with E-state index in [1.54, 1.807) is 0 Å². The van der Waals surface area contributed by atoms with E-state index < -0.39 is 110 Å². The van der Waals surface area contributed by atoms with Crippen molar-refractivity contribution in [3.8, 4) is 16.9 Å². The maximum Gasteiger partial charge on any atom is 0.402 e. The summed E-state index contributed by atoms with van der Waals surface area (Å²) in [4.78, 5) is 124. The maximum atomic E-state index is 15.4. The van der Waals surface area contributed by atoms with Crippen molar-refractivity contribution in [1.29, 1.82) is 0 Å². The second-order valence-electron chi connectivity index (χ2n) is 18.9. The first-order valence-electron chi connectivity index (χ1n) is 22.9. The highest BCUT2D eigenvalue weighted by Crippen LogP contribution is 2.50. The molecule has 20 heteroatoms. The minimum absolute atomic E-state index is 0.0665. The summed E-state index contributed by atoms with van der Waals surface area (Å²) in [5.41, 5.74) is -10.3. The van der Waals surface area contributed by atoms with E-state index in [1.165, 1.54) is 57.4 Å². The van der Waals surface area contributed by atoms with Crippen molar-refractivity contribution in [2.24, 2.45) is 0 Å². The van der Waals surface area contributed by atoms with Gasteiger partial charge in [0.15, 0.2) is 0 Å². The highest BCUT2D eigenvalue weighted by atomic mass is 19.4. The predicted molar refractivity (Wildman–Crippen MR) is 258 cm³/mol. The first-order valence-corrected chi connectivity index (χ1v) is 22.9. The second-order valence-corrected chi connectivity index (χ2v) is 18.9. The Kier molecular flexibility index (Phi) is 11.1. The van der Waals surface area contributed by atoms with Gasteiger partial charge >= 0.3 is 18.3 Å². The van der Waals surface area contributed by atoms with Crippen LogP contribution in [0.1, 0.15) is 126 Å². The van der Waals surface area contributed by atoms with Crippen LogP contribution in [-0.4, -0.2) is 89.5 Å². The molecule has 382 valence electrons. The van der Waals surface area contributed by atoms with Gasteiger partial charge in [-0.1, -0.05) is 43.0 Å². The molecule has 6 aromatic rings. The van der Waals surface area contributed by atoms with Crippen LogP contribution in [-0.2, 0) is 15.6 Å². The number of amides is 8. The number of hydrogen-bond donors (Lipinski definition) is 0. The van der Waals surface area contributed by atoms with E-state index >= 15 is 26.3 Å². The average Bonchev–Trinajstić information content (AvgIpc) is 3.96. The molecule has 0 saturated carbocycles. The van der Waals surface area contributed by atoms with Crippen molar-refractivity contribution >= 4 is 64.6 Å². The normalized spacial score (nSPS) is 16.8. The number of nitrogens with zero attached hydrogens (tertiary/aromatic N) is 4. The third-order valence-corrected chi connectivity index (χ3v) is 14.6. The molecule has 76 heavy (non-hydrogen) atoms. The van der Waals surface area contributed by atoms with Gasteiger partial charge < -0.3 is 4.74 Å². The third-order valence-electron chi connectivity index (χ3n) is 14.6. The van der Waals surface area contributed by atoms with Gasteiger partial charge in [-0.15, -0.1) is 0 Å². The zero-order valence-electron chi connectivity index (χ0n) is 40.3. The van der Waals surface area contributed by atoms with Gasteiger partial charge in [0, 0.05) is 19.7 Å². The molecular formula is C56H36F6N4O10. The molecule has 0 bridgehead atoms. The minimum atomic E-state index is -5.10. The van der Waals surface area contributed by atoms with E-state index in [2.05, 4.69) is 6.58 Å². The summed E-state index contributed by atoms with van der Waals surface area (Å²) >= 11 is 0. The number of anilines is 2. The third kappa shape index (κ3) is 7.21. The van der Waals surface area contributed by atoms with Crippen molar-refractivity contribution in [2.75, 3.05) is 23.9 Å². The monoisotopic (exact) mass is 1040 g/mol. The molecule has 2 unspecified atom stereocenters. The van der Waals surface area contributed by atoms with Crippen molar-refractivity contribution in [2.45, 2.75) is 44.0 Å². The number of halogens is 6. The van der Waals surface area contributed by atoms with E-state index in [0.29, 0.717) is 9.80 Å². The smallest absolute Gasteiger partial charge is 0.402 e. The number of rotatable bonds is 9. The molecule has 0 fully saturated rings. The summed E-state index contributed by atoms with van der Waals surface area (Å²) in [5, 5.41) is 0. The Balaban J connectivity index is 1.06. The van der Waals surface area contributed by atoms with Crippen molar-refractivity contribution in [3.63, 3.8) is 0 Å². The van der Waals surface area contributed by atoms with Gasteiger partial charge in [0.05, 0.1) is 55.9 Å². The summed E-state index contributed by atoms with van der Waals surface area (Å²) in [7, 11) is 2.36. The number of alkyl halides is 6. The topological polar surface area (TPSA) is 176 Å². The Bertz CT molecular complexity index is 3550. The number of carbonyl (C=O) groups is 9. The Morgan fingerprint density at radius 2 is 0.724 bits per heavy atom. The van der Waals surface area contributed by atoms with Gasteiger partial charge in [-0.3, -0.25) is 48.2 Å². The number of carbonyl (C=O) groups excluding carboxylic acids is 9. The first kappa shape index (κ1) is 50.2. The van der Waals surface area contributed by atoms with Crippen LogP contribution in [0.5, 0.6) is 5.75 Å². The fourth-order valence-corrected chi connectivity index (χ4v) is 9.83. The van der Waals surface area contributed by atoms with Crippen LogP contribution in [0, 0.1) is 0 Å². The number of benzene rings is 6. The van der Waals surface area contributed by atoms with Crippen LogP contribution in [0.3, 0.4) is 0 Å². The van der Waals surface area contributed by atoms with Crippen LogP contribution in [0.15, 0.2) is 127 Å². The van der Waals surface area contributed by atoms with Crippen LogP contribution in [0.25, 0.3) is 11.1 Å². The molecule has 4 heterocycles. The van der Waals surface area contributed by atoms with Gasteiger partial charge in [-0.05, 0) is 133 Å². The largest absolute Gasteiger partial charge is 0.423 e. The van der Waals surface area contributed by atoms with Crippen LogP contribution in [0.2, 0.25) is 0 Å². The standard InChI is InChI=1S/C56H36F6N4O10/c1-26(2)52(75)76-35-13-7-27(8-14-35)28-19-33(65-48(71)38-17-11-31(23-42(38)50(65)73)53(3,55(57,58)59)29-9-15-36-40(21-29)46(69)63(5)44(36)67)25-34(20-28)66-49(72)39-18-12-32(24-43(39)51(66)74)54(4,56(60,61)62)30-10-16-37-41(22-30)47(70)64(6)45(37)68/h7-25H,1H2,2-6H3. The molecule has 4 aliphatic rings. The zero-order valence-corrected chi connectivity index (χ0v) is 40.3. The Morgan fingerprint density at radius 3 is 1.05 bits per heavy atom. The summed E-state index contributed by atoms with van der Waals surface area (Å²) in [5.74, 6) is -8.07. The molecule has 10 rings (SSSR count). The average molecular weight is 1040 g/mol. The molecular weight excluding hydrogens is 1000 g/mol. The first-order chi connectivity index (χ1) is 35.6. The molecule has 0 spiro atoms. The lowest BCUT2D eigenvalue weighted by molar-refractivity contribution is -0.173. The fraction of sp³-hybridized carbons (Fsp3) is 0.161. The summed E-state index contributed by atoms with van der Waals surface area (Å²) in [6.45, 7) is 6.59. The number of ether oxygens (including phenoxy) is 1. The van der Waals surface area contributed by atoms with E-state index in [-0.39, 0.29) is 67.2 Å². The molecule has 8 amide bonds. The van der Waals surface area contributed by atoms with E-state index in [9.17, 15) is 43.2 Å². The molecule has 0 radical (unpaired) electrons.